The summed E-state index contributed by atoms with van der Waals surface area (Å²) in [5, 5.41) is 0.748. The highest BCUT2D eigenvalue weighted by Gasteiger charge is 2.25. The number of rotatable bonds is 4. The maximum absolute atomic E-state index is 13.6. The predicted molar refractivity (Wildman–Crippen MR) is 117 cm³/mol. The Morgan fingerprint density at radius 3 is 2.74 bits per heavy atom. The van der Waals surface area contributed by atoms with Crippen molar-refractivity contribution in [2.24, 2.45) is 0 Å². The second-order valence-corrected chi connectivity index (χ2v) is 7.80. The first-order valence-electron chi connectivity index (χ1n) is 9.39. The summed E-state index contributed by atoms with van der Waals surface area (Å²) >= 11 is 1.18. The Morgan fingerprint density at radius 1 is 1.06 bits per heavy atom. The van der Waals surface area contributed by atoms with Gasteiger partial charge < -0.3 is 4.42 Å². The number of hydrogen-bond donors (Lipinski definition) is 0. The number of para-hydroxylation sites is 1. The molecule has 0 saturated carbocycles. The Morgan fingerprint density at radius 2 is 1.90 bits per heavy atom. The van der Waals surface area contributed by atoms with Gasteiger partial charge in [0.15, 0.2) is 16.3 Å². The van der Waals surface area contributed by atoms with Crippen molar-refractivity contribution in [2.75, 3.05) is 4.90 Å². The molecule has 0 saturated heterocycles. The lowest BCUT2D eigenvalue weighted by Gasteiger charge is -2.19. The van der Waals surface area contributed by atoms with Crippen LogP contribution in [0.2, 0.25) is 0 Å². The van der Waals surface area contributed by atoms with Gasteiger partial charge in [-0.2, -0.15) is 0 Å². The van der Waals surface area contributed by atoms with Crippen LogP contribution < -0.4 is 10.3 Å². The van der Waals surface area contributed by atoms with Crippen LogP contribution in [0.3, 0.4) is 0 Å². The van der Waals surface area contributed by atoms with Crippen LogP contribution in [0, 0.1) is 5.82 Å². The maximum atomic E-state index is 13.6. The van der Waals surface area contributed by atoms with Gasteiger partial charge in [0.1, 0.15) is 11.4 Å². The number of amides is 1. The first-order valence-corrected chi connectivity index (χ1v) is 10.2. The summed E-state index contributed by atoms with van der Waals surface area (Å²) in [7, 11) is 0. The van der Waals surface area contributed by atoms with Crippen molar-refractivity contribution >= 4 is 43.6 Å². The monoisotopic (exact) mass is 431 g/mol. The third-order valence-corrected chi connectivity index (χ3v) is 5.75. The molecule has 0 fully saturated rings. The standard InChI is InChI=1S/C23H14FN3O3S/c24-14-8-9-17-21(11-14)31-23(26-17)27(13-15-5-3-4-10-25-15)22(29)20-12-18(28)16-6-1-2-7-19(16)30-20/h1-12H,13H2. The molecule has 0 spiro atoms. The van der Waals surface area contributed by atoms with Crippen LogP contribution in [-0.2, 0) is 6.54 Å². The smallest absolute Gasteiger partial charge is 0.296 e. The van der Waals surface area contributed by atoms with Gasteiger partial charge in [-0.1, -0.05) is 29.5 Å². The van der Waals surface area contributed by atoms with Crippen LogP contribution in [0.25, 0.3) is 21.2 Å². The number of halogens is 1. The Bertz CT molecular complexity index is 1480. The maximum Gasteiger partial charge on any atom is 0.296 e. The Hall–Kier alpha value is -3.91. The Kier molecular flexibility index (Phi) is 4.76. The molecule has 0 aliphatic carbocycles. The number of nitrogens with zero attached hydrogens (tertiary/aromatic N) is 3. The minimum absolute atomic E-state index is 0.106. The van der Waals surface area contributed by atoms with E-state index in [1.54, 1.807) is 48.7 Å². The minimum Gasteiger partial charge on any atom is -0.451 e. The molecule has 152 valence electrons. The average Bonchev–Trinajstić information content (AvgIpc) is 3.20. The third kappa shape index (κ3) is 3.69. The first kappa shape index (κ1) is 19.1. The molecule has 3 aromatic heterocycles. The molecular weight excluding hydrogens is 417 g/mol. The fourth-order valence-electron chi connectivity index (χ4n) is 3.22. The van der Waals surface area contributed by atoms with E-state index in [4.69, 9.17) is 4.42 Å². The quantitative estimate of drug-likeness (QED) is 0.409. The normalized spacial score (nSPS) is 11.1. The highest BCUT2D eigenvalue weighted by Crippen LogP contribution is 2.31. The zero-order valence-electron chi connectivity index (χ0n) is 16.0. The van der Waals surface area contributed by atoms with Crippen molar-refractivity contribution < 1.29 is 13.6 Å². The molecule has 5 aromatic rings. The highest BCUT2D eigenvalue weighted by atomic mass is 32.1. The van der Waals surface area contributed by atoms with Crippen LogP contribution in [0.1, 0.15) is 16.2 Å². The summed E-state index contributed by atoms with van der Waals surface area (Å²) in [5.41, 5.74) is 1.21. The molecule has 0 N–H and O–H groups in total. The Balaban J connectivity index is 1.62. The van der Waals surface area contributed by atoms with Crippen LogP contribution in [0.4, 0.5) is 9.52 Å². The lowest BCUT2D eigenvalue weighted by Crippen LogP contribution is -2.31. The van der Waals surface area contributed by atoms with E-state index in [2.05, 4.69) is 9.97 Å². The average molecular weight is 431 g/mol. The number of anilines is 1. The molecular formula is C23H14FN3O3S. The van der Waals surface area contributed by atoms with Crippen molar-refractivity contribution in [3.63, 3.8) is 0 Å². The zero-order chi connectivity index (χ0) is 21.4. The fourth-order valence-corrected chi connectivity index (χ4v) is 4.21. The van der Waals surface area contributed by atoms with E-state index < -0.39 is 5.91 Å². The van der Waals surface area contributed by atoms with Gasteiger partial charge in [0.2, 0.25) is 0 Å². The molecule has 5 rings (SSSR count). The lowest BCUT2D eigenvalue weighted by molar-refractivity contribution is 0.0958. The van der Waals surface area contributed by atoms with Gasteiger partial charge in [-0.3, -0.25) is 19.5 Å². The highest BCUT2D eigenvalue weighted by molar-refractivity contribution is 7.22. The van der Waals surface area contributed by atoms with Gasteiger partial charge in [0.05, 0.1) is 27.8 Å². The third-order valence-electron chi connectivity index (χ3n) is 4.71. The van der Waals surface area contributed by atoms with E-state index >= 15 is 0 Å². The Labute approximate surface area is 179 Å². The zero-order valence-corrected chi connectivity index (χ0v) is 16.8. The van der Waals surface area contributed by atoms with Gasteiger partial charge in [-0.15, -0.1) is 0 Å². The molecule has 0 radical (unpaired) electrons. The molecule has 8 heteroatoms. The fraction of sp³-hybridized carbons (Fsp3) is 0.0435. The molecule has 6 nitrogen and oxygen atoms in total. The summed E-state index contributed by atoms with van der Waals surface area (Å²) in [6.07, 6.45) is 1.63. The van der Waals surface area contributed by atoms with Crippen molar-refractivity contribution in [2.45, 2.75) is 6.54 Å². The van der Waals surface area contributed by atoms with E-state index in [0.29, 0.717) is 32.0 Å². The van der Waals surface area contributed by atoms with Crippen molar-refractivity contribution in [1.29, 1.82) is 0 Å². The molecule has 0 bridgehead atoms. The number of aromatic nitrogens is 2. The first-order chi connectivity index (χ1) is 15.1. The summed E-state index contributed by atoms with van der Waals surface area (Å²) in [6, 6.07) is 17.5. The van der Waals surface area contributed by atoms with Gasteiger partial charge in [0.25, 0.3) is 5.91 Å². The van der Waals surface area contributed by atoms with Crippen LogP contribution in [-0.4, -0.2) is 15.9 Å². The van der Waals surface area contributed by atoms with Crippen molar-refractivity contribution in [3.05, 3.63) is 100 Å². The topological polar surface area (TPSA) is 76.3 Å². The summed E-state index contributed by atoms with van der Waals surface area (Å²) in [5.74, 6) is -1.02. The number of hydrogen-bond acceptors (Lipinski definition) is 6. The number of carbonyl (C=O) groups excluding carboxylic acids is 1. The number of pyridine rings is 1. The largest absolute Gasteiger partial charge is 0.451 e. The number of benzene rings is 2. The minimum atomic E-state index is -0.534. The van der Waals surface area contributed by atoms with E-state index in [1.807, 2.05) is 6.07 Å². The summed E-state index contributed by atoms with van der Waals surface area (Å²) in [6.45, 7) is 0.110. The van der Waals surface area contributed by atoms with Gasteiger partial charge >= 0.3 is 0 Å². The van der Waals surface area contributed by atoms with E-state index in [1.165, 1.54) is 34.4 Å². The summed E-state index contributed by atoms with van der Waals surface area (Å²) < 4.78 is 20.0. The number of fused-ring (bicyclic) bond motifs is 2. The van der Waals surface area contributed by atoms with Gasteiger partial charge in [0, 0.05) is 12.3 Å². The SMILES string of the molecule is O=C(c1cc(=O)c2ccccc2o1)N(Cc1ccccn1)c1nc2ccc(F)cc2s1. The van der Waals surface area contributed by atoms with E-state index in [0.717, 1.165) is 0 Å². The second-order valence-electron chi connectivity index (χ2n) is 6.79. The van der Waals surface area contributed by atoms with E-state index in [-0.39, 0.29) is 23.6 Å². The second kappa shape index (κ2) is 7.73. The van der Waals surface area contributed by atoms with Crippen LogP contribution in [0.15, 0.2) is 82.1 Å². The number of thiazole rings is 1. The van der Waals surface area contributed by atoms with Gasteiger partial charge in [-0.25, -0.2) is 9.37 Å². The molecule has 2 aromatic carbocycles. The van der Waals surface area contributed by atoms with Crippen molar-refractivity contribution in [3.8, 4) is 0 Å². The molecule has 0 aliphatic heterocycles. The molecule has 3 heterocycles. The molecule has 1 amide bonds. The van der Waals surface area contributed by atoms with Gasteiger partial charge in [-0.05, 0) is 42.5 Å². The lowest BCUT2D eigenvalue weighted by atomic mass is 10.2. The van der Waals surface area contributed by atoms with Crippen LogP contribution in [0.5, 0.6) is 0 Å². The molecule has 0 unspecified atom stereocenters. The molecule has 31 heavy (non-hydrogen) atoms. The predicted octanol–water partition coefficient (Wildman–Crippen LogP) is 4.78. The molecule has 0 atom stereocenters. The van der Waals surface area contributed by atoms with Crippen molar-refractivity contribution in [1.82, 2.24) is 9.97 Å². The van der Waals surface area contributed by atoms with Crippen LogP contribution >= 0.6 is 11.3 Å². The van der Waals surface area contributed by atoms with E-state index in [9.17, 15) is 14.0 Å². The number of carbonyl (C=O) groups is 1. The molecule has 0 aliphatic rings. The summed E-state index contributed by atoms with van der Waals surface area (Å²) in [4.78, 5) is 36.1.